The molecule has 17 heavy (non-hydrogen) atoms. The van der Waals surface area contributed by atoms with Crippen LogP contribution in [0.3, 0.4) is 0 Å². The van der Waals surface area contributed by atoms with E-state index in [1.54, 1.807) is 14.1 Å². The normalized spacial score (nSPS) is 19.7. The van der Waals surface area contributed by atoms with Crippen molar-refractivity contribution in [3.05, 3.63) is 35.9 Å². The minimum absolute atomic E-state index is 0.697. The first-order valence-electron chi connectivity index (χ1n) is 5.98. The summed E-state index contributed by atoms with van der Waals surface area (Å²) in [6.45, 7) is 0. The van der Waals surface area contributed by atoms with Gasteiger partial charge in [0.05, 0.1) is 0 Å². The van der Waals surface area contributed by atoms with E-state index in [2.05, 4.69) is 0 Å². The maximum Gasteiger partial charge on any atom is 0.223 e. The number of rotatable bonds is 3. The monoisotopic (exact) mass is 253 g/mol. The lowest BCUT2D eigenvalue weighted by Crippen LogP contribution is -2.41. The van der Waals surface area contributed by atoms with Gasteiger partial charge >= 0.3 is 0 Å². The molecule has 0 N–H and O–H groups in total. The topological polar surface area (TPSA) is 37.4 Å². The van der Waals surface area contributed by atoms with Crippen molar-refractivity contribution in [2.75, 3.05) is 14.1 Å². The molecule has 0 unspecified atom stereocenters. The number of hydrogen-bond acceptors (Lipinski definition) is 2. The van der Waals surface area contributed by atoms with E-state index in [1.165, 1.54) is 4.31 Å². The first kappa shape index (κ1) is 12.6. The van der Waals surface area contributed by atoms with Gasteiger partial charge in [-0.15, -0.1) is 0 Å². The van der Waals surface area contributed by atoms with Crippen LogP contribution < -0.4 is 0 Å². The van der Waals surface area contributed by atoms with E-state index in [1.807, 2.05) is 30.3 Å². The van der Waals surface area contributed by atoms with E-state index in [0.717, 1.165) is 31.2 Å². The summed E-state index contributed by atoms with van der Waals surface area (Å²) in [5.74, 6) is 0. The molecular weight excluding hydrogens is 234 g/mol. The van der Waals surface area contributed by atoms with Crippen LogP contribution in [0.25, 0.3) is 0 Å². The average molecular weight is 253 g/mol. The maximum atomic E-state index is 12.6. The molecule has 0 heterocycles. The van der Waals surface area contributed by atoms with E-state index >= 15 is 0 Å². The lowest BCUT2D eigenvalue weighted by atomic mass is 9.97. The molecule has 94 valence electrons. The Labute approximate surface area is 104 Å². The van der Waals surface area contributed by atoms with Gasteiger partial charge in [-0.3, -0.25) is 0 Å². The van der Waals surface area contributed by atoms with Crippen LogP contribution >= 0.6 is 0 Å². The number of nitrogens with zero attached hydrogens (tertiary/aromatic N) is 1. The van der Waals surface area contributed by atoms with Gasteiger partial charge in [0.25, 0.3) is 0 Å². The predicted octanol–water partition coefficient (Wildman–Crippen LogP) is 2.35. The Balaban J connectivity index is 2.56. The summed E-state index contributed by atoms with van der Waals surface area (Å²) in [5, 5.41) is 0. The lowest BCUT2D eigenvalue weighted by molar-refractivity contribution is 0.460. The smallest absolute Gasteiger partial charge is 0.211 e. The van der Waals surface area contributed by atoms with E-state index in [0.29, 0.717) is 0 Å². The van der Waals surface area contributed by atoms with Crippen LogP contribution in [-0.4, -0.2) is 26.8 Å². The first-order valence-corrected chi connectivity index (χ1v) is 7.42. The van der Waals surface area contributed by atoms with Crippen molar-refractivity contribution >= 4 is 10.0 Å². The second-order valence-electron chi connectivity index (χ2n) is 4.85. The van der Waals surface area contributed by atoms with E-state index in [-0.39, 0.29) is 0 Å². The summed E-state index contributed by atoms with van der Waals surface area (Å²) >= 11 is 0. The molecule has 0 amide bonds. The van der Waals surface area contributed by atoms with Gasteiger partial charge < -0.3 is 0 Å². The van der Waals surface area contributed by atoms with Crippen LogP contribution in [0.4, 0.5) is 0 Å². The second-order valence-corrected chi connectivity index (χ2v) is 7.32. The summed E-state index contributed by atoms with van der Waals surface area (Å²) in [4.78, 5) is 0. The van der Waals surface area contributed by atoms with Crippen LogP contribution in [0.5, 0.6) is 0 Å². The molecule has 1 aliphatic rings. The van der Waals surface area contributed by atoms with Crippen molar-refractivity contribution in [3.8, 4) is 0 Å². The Morgan fingerprint density at radius 3 is 2.06 bits per heavy atom. The first-order chi connectivity index (χ1) is 8.01. The molecule has 0 bridgehead atoms. The van der Waals surface area contributed by atoms with Crippen molar-refractivity contribution in [2.24, 2.45) is 0 Å². The molecule has 0 radical (unpaired) electrons. The van der Waals surface area contributed by atoms with E-state index in [4.69, 9.17) is 0 Å². The highest BCUT2D eigenvalue weighted by Crippen LogP contribution is 2.46. The fourth-order valence-corrected chi connectivity index (χ4v) is 4.67. The van der Waals surface area contributed by atoms with Gasteiger partial charge in [-0.2, -0.15) is 0 Å². The molecule has 0 spiro atoms. The molecule has 3 nitrogen and oxygen atoms in total. The third-order valence-electron chi connectivity index (χ3n) is 3.69. The number of sulfonamides is 1. The molecule has 2 rings (SSSR count). The molecule has 1 aromatic rings. The molecule has 1 aliphatic carbocycles. The molecular formula is C13H19NO2S. The molecule has 0 aliphatic heterocycles. The molecule has 1 saturated carbocycles. The Kier molecular flexibility index (Phi) is 3.27. The van der Waals surface area contributed by atoms with Crippen molar-refractivity contribution in [1.82, 2.24) is 4.31 Å². The van der Waals surface area contributed by atoms with Gasteiger partial charge in [0.1, 0.15) is 4.75 Å². The zero-order valence-corrected chi connectivity index (χ0v) is 11.2. The standard InChI is InChI=1S/C13H19NO2S/c1-14(2)17(15,16)13(10-6-7-11-13)12-8-4-3-5-9-12/h3-5,8-9H,6-7,10-11H2,1-2H3. The van der Waals surface area contributed by atoms with Crippen LogP contribution in [0.2, 0.25) is 0 Å². The Morgan fingerprint density at radius 2 is 1.59 bits per heavy atom. The highest BCUT2D eigenvalue weighted by molar-refractivity contribution is 7.90. The van der Waals surface area contributed by atoms with Crippen LogP contribution in [0.1, 0.15) is 31.2 Å². The summed E-state index contributed by atoms with van der Waals surface area (Å²) < 4.78 is 25.8. The Hall–Kier alpha value is -0.870. The molecule has 1 fully saturated rings. The van der Waals surface area contributed by atoms with Crippen LogP contribution in [0, 0.1) is 0 Å². The molecule has 1 aromatic carbocycles. The van der Waals surface area contributed by atoms with Gasteiger partial charge in [-0.05, 0) is 18.4 Å². The summed E-state index contributed by atoms with van der Waals surface area (Å²) in [5.41, 5.74) is 0.936. The minimum Gasteiger partial charge on any atom is -0.211 e. The minimum atomic E-state index is -3.26. The van der Waals surface area contributed by atoms with Gasteiger partial charge in [0.15, 0.2) is 0 Å². The number of benzene rings is 1. The molecule has 0 aromatic heterocycles. The summed E-state index contributed by atoms with van der Waals surface area (Å²) in [7, 11) is -0.0112. The van der Waals surface area contributed by atoms with Crippen molar-refractivity contribution < 1.29 is 8.42 Å². The largest absolute Gasteiger partial charge is 0.223 e. The third kappa shape index (κ3) is 1.89. The van der Waals surface area contributed by atoms with E-state index < -0.39 is 14.8 Å². The van der Waals surface area contributed by atoms with Gasteiger partial charge in [0.2, 0.25) is 10.0 Å². The zero-order valence-electron chi connectivity index (χ0n) is 10.4. The van der Waals surface area contributed by atoms with Gasteiger partial charge in [-0.25, -0.2) is 12.7 Å². The number of hydrogen-bond donors (Lipinski definition) is 0. The fourth-order valence-electron chi connectivity index (χ4n) is 2.73. The maximum absolute atomic E-state index is 12.6. The predicted molar refractivity (Wildman–Crippen MR) is 69.2 cm³/mol. The molecule has 0 atom stereocenters. The Bertz CT molecular complexity index is 473. The lowest BCUT2D eigenvalue weighted by Gasteiger charge is -2.32. The zero-order chi connectivity index (χ0) is 12.5. The highest BCUT2D eigenvalue weighted by Gasteiger charge is 2.48. The SMILES string of the molecule is CN(C)S(=O)(=O)C1(c2ccccc2)CCCC1. The second kappa shape index (κ2) is 4.42. The van der Waals surface area contributed by atoms with Crippen LogP contribution in [-0.2, 0) is 14.8 Å². The van der Waals surface area contributed by atoms with Crippen molar-refractivity contribution in [1.29, 1.82) is 0 Å². The Morgan fingerprint density at radius 1 is 1.06 bits per heavy atom. The average Bonchev–Trinajstić information content (AvgIpc) is 2.80. The van der Waals surface area contributed by atoms with Gasteiger partial charge in [0, 0.05) is 14.1 Å². The summed E-state index contributed by atoms with van der Waals surface area (Å²) in [6.07, 6.45) is 3.44. The van der Waals surface area contributed by atoms with Crippen molar-refractivity contribution in [2.45, 2.75) is 30.4 Å². The fraction of sp³-hybridized carbons (Fsp3) is 0.538. The molecule has 4 heteroatoms. The summed E-state index contributed by atoms with van der Waals surface area (Å²) in [6, 6.07) is 9.63. The quantitative estimate of drug-likeness (QED) is 0.829. The van der Waals surface area contributed by atoms with Crippen LogP contribution in [0.15, 0.2) is 30.3 Å². The van der Waals surface area contributed by atoms with Crippen molar-refractivity contribution in [3.63, 3.8) is 0 Å². The van der Waals surface area contributed by atoms with Gasteiger partial charge in [-0.1, -0.05) is 43.2 Å². The highest BCUT2D eigenvalue weighted by atomic mass is 32.2. The molecule has 0 saturated heterocycles. The van der Waals surface area contributed by atoms with E-state index in [9.17, 15) is 8.42 Å². The third-order valence-corrected chi connectivity index (χ3v) is 6.28.